The van der Waals surface area contributed by atoms with Gasteiger partial charge in [0.1, 0.15) is 12.0 Å². The second-order valence-electron chi connectivity index (χ2n) is 3.24. The van der Waals surface area contributed by atoms with Crippen molar-refractivity contribution in [1.29, 1.82) is 0 Å². The van der Waals surface area contributed by atoms with Gasteiger partial charge in [0, 0.05) is 12.1 Å². The van der Waals surface area contributed by atoms with E-state index in [9.17, 15) is 10.1 Å². The summed E-state index contributed by atoms with van der Waals surface area (Å²) in [5.41, 5.74) is 0.813. The quantitative estimate of drug-likeness (QED) is 0.631. The van der Waals surface area contributed by atoms with Crippen molar-refractivity contribution in [3.63, 3.8) is 0 Å². The van der Waals surface area contributed by atoms with Crippen LogP contribution in [0, 0.1) is 10.1 Å². The second-order valence-corrected chi connectivity index (χ2v) is 3.24. The molecule has 0 atom stereocenters. The third-order valence-corrected chi connectivity index (χ3v) is 2.10. The maximum absolute atomic E-state index is 10.7. The molecule has 17 heavy (non-hydrogen) atoms. The number of anilines is 1. The first-order valence-corrected chi connectivity index (χ1v) is 6.06. The van der Waals surface area contributed by atoms with Gasteiger partial charge in [0.15, 0.2) is 0 Å². The SMILES string of the molecule is CC.CCCNc1cc(CC)c([N+](=O)[O-])cn1. The Labute approximate surface area is 102 Å². The fourth-order valence-corrected chi connectivity index (χ4v) is 1.29. The minimum absolute atomic E-state index is 0.0968. The summed E-state index contributed by atoms with van der Waals surface area (Å²) in [4.78, 5) is 14.3. The van der Waals surface area contributed by atoms with Crippen LogP contribution in [0.25, 0.3) is 0 Å². The molecular weight excluding hydrogens is 218 g/mol. The summed E-state index contributed by atoms with van der Waals surface area (Å²) in [6, 6.07) is 1.74. The van der Waals surface area contributed by atoms with Crippen molar-refractivity contribution in [1.82, 2.24) is 4.98 Å². The van der Waals surface area contributed by atoms with Gasteiger partial charge < -0.3 is 5.32 Å². The van der Waals surface area contributed by atoms with Crippen molar-refractivity contribution in [3.05, 3.63) is 27.9 Å². The summed E-state index contributed by atoms with van der Waals surface area (Å²) >= 11 is 0. The number of rotatable bonds is 5. The molecule has 0 radical (unpaired) electrons. The maximum Gasteiger partial charge on any atom is 0.290 e. The number of hydrogen-bond acceptors (Lipinski definition) is 4. The Balaban J connectivity index is 0.00000121. The highest BCUT2D eigenvalue weighted by molar-refractivity contribution is 5.47. The summed E-state index contributed by atoms with van der Waals surface area (Å²) in [7, 11) is 0. The van der Waals surface area contributed by atoms with E-state index in [1.807, 2.05) is 20.8 Å². The van der Waals surface area contributed by atoms with E-state index in [0.717, 1.165) is 13.0 Å². The minimum Gasteiger partial charge on any atom is -0.370 e. The van der Waals surface area contributed by atoms with Crippen LogP contribution in [0.15, 0.2) is 12.3 Å². The molecular formula is C12H21N3O2. The molecule has 0 unspecified atom stereocenters. The van der Waals surface area contributed by atoms with Gasteiger partial charge in [-0.25, -0.2) is 4.98 Å². The van der Waals surface area contributed by atoms with E-state index < -0.39 is 4.92 Å². The molecule has 0 aliphatic rings. The lowest BCUT2D eigenvalue weighted by atomic mass is 10.2. The molecule has 1 aromatic heterocycles. The summed E-state index contributed by atoms with van der Waals surface area (Å²) in [6.45, 7) is 8.78. The molecule has 0 saturated carbocycles. The zero-order chi connectivity index (χ0) is 13.3. The average molecular weight is 239 g/mol. The number of nitro groups is 1. The monoisotopic (exact) mass is 239 g/mol. The molecule has 0 aromatic carbocycles. The molecule has 1 heterocycles. The summed E-state index contributed by atoms with van der Waals surface area (Å²) in [5, 5.41) is 13.8. The van der Waals surface area contributed by atoms with E-state index in [1.165, 1.54) is 6.20 Å². The van der Waals surface area contributed by atoms with E-state index >= 15 is 0 Å². The molecule has 96 valence electrons. The van der Waals surface area contributed by atoms with Crippen LogP contribution in [0.3, 0.4) is 0 Å². The molecule has 0 spiro atoms. The van der Waals surface area contributed by atoms with Crippen LogP contribution in [-0.2, 0) is 6.42 Å². The van der Waals surface area contributed by atoms with Gasteiger partial charge in [0.25, 0.3) is 5.69 Å². The van der Waals surface area contributed by atoms with Crippen molar-refractivity contribution < 1.29 is 4.92 Å². The Hall–Kier alpha value is -1.65. The fraction of sp³-hybridized carbons (Fsp3) is 0.583. The first-order chi connectivity index (χ1) is 8.19. The van der Waals surface area contributed by atoms with Crippen molar-refractivity contribution in [3.8, 4) is 0 Å². The largest absolute Gasteiger partial charge is 0.370 e. The van der Waals surface area contributed by atoms with Gasteiger partial charge in [-0.15, -0.1) is 0 Å². The Morgan fingerprint density at radius 1 is 1.41 bits per heavy atom. The Bertz CT molecular complexity index is 354. The zero-order valence-electron chi connectivity index (χ0n) is 11.0. The zero-order valence-corrected chi connectivity index (χ0v) is 11.0. The lowest BCUT2D eigenvalue weighted by Crippen LogP contribution is -2.04. The number of pyridine rings is 1. The second kappa shape index (κ2) is 8.50. The van der Waals surface area contributed by atoms with Gasteiger partial charge in [-0.05, 0) is 18.9 Å². The van der Waals surface area contributed by atoms with Crippen LogP contribution in [0.1, 0.15) is 39.7 Å². The molecule has 1 N–H and O–H groups in total. The van der Waals surface area contributed by atoms with E-state index in [0.29, 0.717) is 17.8 Å². The van der Waals surface area contributed by atoms with Gasteiger partial charge in [-0.3, -0.25) is 10.1 Å². The molecule has 5 heteroatoms. The smallest absolute Gasteiger partial charge is 0.290 e. The summed E-state index contributed by atoms with van der Waals surface area (Å²) < 4.78 is 0. The van der Waals surface area contributed by atoms with Gasteiger partial charge >= 0.3 is 0 Å². The van der Waals surface area contributed by atoms with Crippen molar-refractivity contribution >= 4 is 11.5 Å². The van der Waals surface area contributed by atoms with E-state index in [-0.39, 0.29) is 5.69 Å². The number of nitrogens with zero attached hydrogens (tertiary/aromatic N) is 2. The molecule has 5 nitrogen and oxygen atoms in total. The number of hydrogen-bond donors (Lipinski definition) is 1. The van der Waals surface area contributed by atoms with Crippen LogP contribution in [-0.4, -0.2) is 16.5 Å². The van der Waals surface area contributed by atoms with Gasteiger partial charge in [-0.2, -0.15) is 0 Å². The predicted molar refractivity (Wildman–Crippen MR) is 70.4 cm³/mol. The molecule has 0 aliphatic carbocycles. The highest BCUT2D eigenvalue weighted by atomic mass is 16.6. The number of nitrogens with one attached hydrogen (secondary N) is 1. The van der Waals surface area contributed by atoms with E-state index in [2.05, 4.69) is 17.2 Å². The van der Waals surface area contributed by atoms with Crippen LogP contribution >= 0.6 is 0 Å². The standard InChI is InChI=1S/C10H15N3O2.C2H6/c1-3-5-11-10-6-8(4-2)9(7-12-10)13(14)15;1-2/h6-7H,3-5H2,1-2H3,(H,11,12);1-2H3. The van der Waals surface area contributed by atoms with Crippen molar-refractivity contribution in [2.75, 3.05) is 11.9 Å². The lowest BCUT2D eigenvalue weighted by Gasteiger charge is -2.05. The Morgan fingerprint density at radius 2 is 2.06 bits per heavy atom. The van der Waals surface area contributed by atoms with E-state index in [1.54, 1.807) is 6.07 Å². The predicted octanol–water partition coefficient (Wildman–Crippen LogP) is 3.40. The molecule has 1 rings (SSSR count). The maximum atomic E-state index is 10.7. The number of aryl methyl sites for hydroxylation is 1. The first kappa shape index (κ1) is 15.3. The average Bonchev–Trinajstić information content (AvgIpc) is 2.38. The molecule has 0 bridgehead atoms. The molecule has 0 saturated heterocycles. The van der Waals surface area contributed by atoms with Gasteiger partial charge in [0.2, 0.25) is 0 Å². The first-order valence-electron chi connectivity index (χ1n) is 6.06. The third kappa shape index (κ3) is 4.80. The Kier molecular flexibility index (Phi) is 7.67. The Morgan fingerprint density at radius 3 is 2.53 bits per heavy atom. The summed E-state index contributed by atoms with van der Waals surface area (Å²) in [6.07, 6.45) is 2.95. The van der Waals surface area contributed by atoms with Gasteiger partial charge in [0.05, 0.1) is 4.92 Å². The highest BCUT2D eigenvalue weighted by Gasteiger charge is 2.13. The van der Waals surface area contributed by atoms with Crippen molar-refractivity contribution in [2.24, 2.45) is 0 Å². The van der Waals surface area contributed by atoms with E-state index in [4.69, 9.17) is 0 Å². The van der Waals surface area contributed by atoms with Crippen LogP contribution in [0.2, 0.25) is 0 Å². The highest BCUT2D eigenvalue weighted by Crippen LogP contribution is 2.20. The minimum atomic E-state index is -0.393. The number of aromatic nitrogens is 1. The van der Waals surface area contributed by atoms with Gasteiger partial charge in [-0.1, -0.05) is 27.7 Å². The topological polar surface area (TPSA) is 68.1 Å². The summed E-state index contributed by atoms with van der Waals surface area (Å²) in [5.74, 6) is 0.708. The molecule has 0 fully saturated rings. The van der Waals surface area contributed by atoms with Crippen LogP contribution in [0.5, 0.6) is 0 Å². The normalized spacial score (nSPS) is 9.18. The molecule has 0 amide bonds. The lowest BCUT2D eigenvalue weighted by molar-refractivity contribution is -0.385. The molecule has 0 aliphatic heterocycles. The fourth-order valence-electron chi connectivity index (χ4n) is 1.29. The van der Waals surface area contributed by atoms with Crippen molar-refractivity contribution in [2.45, 2.75) is 40.5 Å². The van der Waals surface area contributed by atoms with Crippen LogP contribution < -0.4 is 5.32 Å². The third-order valence-electron chi connectivity index (χ3n) is 2.10. The molecule has 1 aromatic rings. The van der Waals surface area contributed by atoms with Crippen LogP contribution in [0.4, 0.5) is 11.5 Å².